The first-order valence-electron chi connectivity index (χ1n) is 8.92. The van der Waals surface area contributed by atoms with E-state index in [1.54, 1.807) is 13.4 Å². The minimum Gasteiger partial charge on any atom is -0.450 e. The number of furan rings is 1. The maximum atomic E-state index is 12.4. The number of anilines is 1. The number of carbonyl (C=O) groups excluding carboxylic acids is 1. The average molecular weight is 354 g/mol. The van der Waals surface area contributed by atoms with E-state index in [2.05, 4.69) is 20.2 Å². The van der Waals surface area contributed by atoms with Crippen LogP contribution in [0.2, 0.25) is 0 Å². The van der Waals surface area contributed by atoms with Crippen LogP contribution in [0.5, 0.6) is 0 Å². The molecule has 136 valence electrons. The minimum absolute atomic E-state index is 0.0602. The average Bonchev–Trinajstić information content (AvgIpc) is 3.07. The number of hydrogen-bond acceptors (Lipinski definition) is 6. The van der Waals surface area contributed by atoms with E-state index in [9.17, 15) is 4.79 Å². The van der Waals surface area contributed by atoms with Crippen molar-refractivity contribution < 1.29 is 13.9 Å². The molecule has 1 N–H and O–H groups in total. The molecular weight excluding hydrogens is 332 g/mol. The summed E-state index contributed by atoms with van der Waals surface area (Å²) < 4.78 is 11.0. The predicted molar refractivity (Wildman–Crippen MR) is 99.1 cm³/mol. The number of piperidine rings is 1. The number of aromatic nitrogens is 2. The smallest absolute Gasteiger partial charge is 0.224 e. The molecule has 26 heavy (non-hydrogen) atoms. The van der Waals surface area contributed by atoms with Gasteiger partial charge in [-0.15, -0.1) is 0 Å². The van der Waals surface area contributed by atoms with Gasteiger partial charge in [-0.25, -0.2) is 9.97 Å². The number of ether oxygens (including phenoxy) is 1. The molecule has 0 unspecified atom stereocenters. The Kier molecular flexibility index (Phi) is 4.71. The van der Waals surface area contributed by atoms with Crippen molar-refractivity contribution in [3.05, 3.63) is 30.6 Å². The quantitative estimate of drug-likeness (QED) is 0.709. The Labute approximate surface area is 151 Å². The van der Waals surface area contributed by atoms with Gasteiger partial charge in [-0.05, 0) is 25.0 Å². The number of nitrogens with one attached hydrogen (secondary N) is 1. The zero-order chi connectivity index (χ0) is 17.9. The van der Waals surface area contributed by atoms with E-state index in [-0.39, 0.29) is 11.8 Å². The maximum Gasteiger partial charge on any atom is 0.224 e. The summed E-state index contributed by atoms with van der Waals surface area (Å²) in [5.74, 6) is 0.775. The van der Waals surface area contributed by atoms with Gasteiger partial charge in [0.1, 0.15) is 17.4 Å². The van der Waals surface area contributed by atoms with Crippen LogP contribution >= 0.6 is 0 Å². The largest absolute Gasteiger partial charge is 0.450 e. The second-order valence-corrected chi connectivity index (χ2v) is 6.54. The molecule has 7 heteroatoms. The number of para-hydroxylation sites is 1. The van der Waals surface area contributed by atoms with Gasteiger partial charge in [0.25, 0.3) is 0 Å². The molecule has 0 aliphatic carbocycles. The summed E-state index contributed by atoms with van der Waals surface area (Å²) in [4.78, 5) is 23.4. The van der Waals surface area contributed by atoms with Gasteiger partial charge in [0.05, 0.1) is 12.5 Å². The van der Waals surface area contributed by atoms with Crippen LogP contribution in [0.4, 0.5) is 5.82 Å². The van der Waals surface area contributed by atoms with E-state index in [4.69, 9.17) is 9.15 Å². The monoisotopic (exact) mass is 354 g/mol. The molecule has 2 aromatic heterocycles. The predicted octanol–water partition coefficient (Wildman–Crippen LogP) is 2.35. The van der Waals surface area contributed by atoms with Gasteiger partial charge in [-0.3, -0.25) is 4.79 Å². The van der Waals surface area contributed by atoms with Crippen LogP contribution in [-0.4, -0.2) is 49.2 Å². The fourth-order valence-corrected chi connectivity index (χ4v) is 3.54. The lowest BCUT2D eigenvalue weighted by atomic mass is 9.97. The van der Waals surface area contributed by atoms with Crippen molar-refractivity contribution in [1.29, 1.82) is 0 Å². The number of rotatable bonds is 5. The topological polar surface area (TPSA) is 80.5 Å². The zero-order valence-corrected chi connectivity index (χ0v) is 14.8. The molecule has 1 atom stereocenters. The van der Waals surface area contributed by atoms with Crippen molar-refractivity contribution in [1.82, 2.24) is 15.3 Å². The first-order valence-corrected chi connectivity index (χ1v) is 8.92. The van der Waals surface area contributed by atoms with Crippen LogP contribution in [0.1, 0.15) is 12.8 Å². The summed E-state index contributed by atoms with van der Waals surface area (Å²) in [6.07, 6.45) is 3.39. The lowest BCUT2D eigenvalue weighted by Crippen LogP contribution is -2.44. The zero-order valence-electron chi connectivity index (χ0n) is 14.8. The number of methoxy groups -OCH3 is 1. The van der Waals surface area contributed by atoms with E-state index in [1.807, 2.05) is 24.3 Å². The van der Waals surface area contributed by atoms with E-state index in [0.29, 0.717) is 25.3 Å². The standard InChI is InChI=1S/C19H22N4O3/c1-25-10-8-20-19(24)13-5-4-9-23(11-13)18-17-16(21-12-22-18)14-6-2-3-7-15(14)26-17/h2-3,6-7,12-13H,4-5,8-11H2,1H3,(H,20,24)/t13-/m0/s1. The number of benzene rings is 1. The Morgan fingerprint density at radius 2 is 2.27 bits per heavy atom. The SMILES string of the molecule is COCCNC(=O)[C@H]1CCCN(c2ncnc3c2oc2ccccc23)C1. The van der Waals surface area contributed by atoms with Crippen LogP contribution < -0.4 is 10.2 Å². The van der Waals surface area contributed by atoms with Crippen molar-refractivity contribution in [2.75, 3.05) is 38.3 Å². The van der Waals surface area contributed by atoms with Gasteiger partial charge in [-0.1, -0.05) is 12.1 Å². The second kappa shape index (κ2) is 7.29. The van der Waals surface area contributed by atoms with Crippen molar-refractivity contribution in [3.8, 4) is 0 Å². The minimum atomic E-state index is -0.0602. The molecular formula is C19H22N4O3. The number of hydrogen-bond donors (Lipinski definition) is 1. The normalized spacial score (nSPS) is 17.7. The lowest BCUT2D eigenvalue weighted by molar-refractivity contribution is -0.125. The van der Waals surface area contributed by atoms with Crippen molar-refractivity contribution in [2.45, 2.75) is 12.8 Å². The second-order valence-electron chi connectivity index (χ2n) is 6.54. The molecule has 1 fully saturated rings. The Morgan fingerprint density at radius 3 is 3.15 bits per heavy atom. The molecule has 1 amide bonds. The highest BCUT2D eigenvalue weighted by molar-refractivity contribution is 6.05. The first-order chi connectivity index (χ1) is 12.8. The van der Waals surface area contributed by atoms with Gasteiger partial charge in [0.2, 0.25) is 5.91 Å². The third kappa shape index (κ3) is 3.10. The van der Waals surface area contributed by atoms with Gasteiger partial charge >= 0.3 is 0 Å². The molecule has 0 radical (unpaired) electrons. The summed E-state index contributed by atoms with van der Waals surface area (Å²) in [6, 6.07) is 7.85. The molecule has 1 aliphatic rings. The summed E-state index contributed by atoms with van der Waals surface area (Å²) in [7, 11) is 1.63. The van der Waals surface area contributed by atoms with Crippen LogP contribution in [0.15, 0.2) is 35.0 Å². The van der Waals surface area contributed by atoms with E-state index >= 15 is 0 Å². The summed E-state index contributed by atoms with van der Waals surface area (Å²) in [6.45, 7) is 2.54. The Morgan fingerprint density at radius 1 is 1.38 bits per heavy atom. The van der Waals surface area contributed by atoms with Gasteiger partial charge < -0.3 is 19.4 Å². The van der Waals surface area contributed by atoms with Crippen molar-refractivity contribution in [2.24, 2.45) is 5.92 Å². The number of nitrogens with zero attached hydrogens (tertiary/aromatic N) is 3. The Balaban J connectivity index is 1.60. The fourth-order valence-electron chi connectivity index (χ4n) is 3.54. The number of fused-ring (bicyclic) bond motifs is 3. The first kappa shape index (κ1) is 16.8. The Hall–Kier alpha value is -2.67. The molecule has 7 nitrogen and oxygen atoms in total. The van der Waals surface area contributed by atoms with Gasteiger partial charge in [-0.2, -0.15) is 0 Å². The molecule has 4 rings (SSSR count). The van der Waals surface area contributed by atoms with E-state index in [0.717, 1.165) is 41.7 Å². The molecule has 3 heterocycles. The molecule has 1 aliphatic heterocycles. The maximum absolute atomic E-state index is 12.4. The van der Waals surface area contributed by atoms with Crippen LogP contribution in [0.25, 0.3) is 22.1 Å². The highest BCUT2D eigenvalue weighted by atomic mass is 16.5. The van der Waals surface area contributed by atoms with Crippen molar-refractivity contribution >= 4 is 33.8 Å². The van der Waals surface area contributed by atoms with E-state index < -0.39 is 0 Å². The third-order valence-corrected chi connectivity index (χ3v) is 4.84. The summed E-state index contributed by atoms with van der Waals surface area (Å²) in [5, 5.41) is 3.92. The number of amides is 1. The fraction of sp³-hybridized carbons (Fsp3) is 0.421. The number of carbonyl (C=O) groups is 1. The Bertz CT molecular complexity index is 923. The highest BCUT2D eigenvalue weighted by Gasteiger charge is 2.28. The third-order valence-electron chi connectivity index (χ3n) is 4.84. The molecule has 1 saturated heterocycles. The van der Waals surface area contributed by atoms with Gasteiger partial charge in [0.15, 0.2) is 11.4 Å². The highest BCUT2D eigenvalue weighted by Crippen LogP contribution is 2.33. The van der Waals surface area contributed by atoms with Crippen LogP contribution in [0.3, 0.4) is 0 Å². The van der Waals surface area contributed by atoms with Gasteiger partial charge in [0, 0.05) is 32.1 Å². The van der Waals surface area contributed by atoms with Crippen molar-refractivity contribution in [3.63, 3.8) is 0 Å². The molecule has 0 saturated carbocycles. The lowest BCUT2D eigenvalue weighted by Gasteiger charge is -2.32. The molecule has 1 aromatic carbocycles. The van der Waals surface area contributed by atoms with Crippen LogP contribution in [-0.2, 0) is 9.53 Å². The molecule has 0 spiro atoms. The summed E-state index contributed by atoms with van der Waals surface area (Å²) >= 11 is 0. The van der Waals surface area contributed by atoms with E-state index in [1.165, 1.54) is 0 Å². The molecule has 0 bridgehead atoms. The molecule has 3 aromatic rings. The summed E-state index contributed by atoms with van der Waals surface area (Å²) in [5.41, 5.74) is 2.31. The van der Waals surface area contributed by atoms with Crippen LogP contribution in [0, 0.1) is 5.92 Å².